The van der Waals surface area contributed by atoms with Gasteiger partial charge < -0.3 is 29.4 Å². The predicted octanol–water partition coefficient (Wildman–Crippen LogP) is -0.107. The van der Waals surface area contributed by atoms with E-state index in [4.69, 9.17) is 29.4 Å². The number of nitrogens with two attached hydrogens (primary N) is 1. The zero-order valence-electron chi connectivity index (χ0n) is 14.2. The maximum atomic E-state index is 11.4. The summed E-state index contributed by atoms with van der Waals surface area (Å²) in [7, 11) is 0. The van der Waals surface area contributed by atoms with Crippen LogP contribution in [0.2, 0.25) is 0 Å². The molecule has 0 saturated carbocycles. The minimum atomic E-state index is -1.04. The summed E-state index contributed by atoms with van der Waals surface area (Å²) in [6, 6.07) is 0. The molecule has 0 radical (unpaired) electrons. The molecule has 1 unspecified atom stereocenters. The smallest absolute Gasteiger partial charge is 0.303 e. The quantitative estimate of drug-likeness (QED) is 0.364. The molecule has 0 spiro atoms. The van der Waals surface area contributed by atoms with Crippen LogP contribution in [0.3, 0.4) is 0 Å². The molecule has 0 bridgehead atoms. The molecule has 1 heterocycles. The standard InChI is InChI=1S/C15H25NO8/c1-9(17)22-12-8-21-15(20-7-5-4-6-16)14(24-11(3)19)13(12)23-10(2)18/h12-15H,4-8,16H2,1-3H3/t12-,13+,14-,15?/m1/s1. The van der Waals surface area contributed by atoms with Gasteiger partial charge in [-0.25, -0.2) is 0 Å². The summed E-state index contributed by atoms with van der Waals surface area (Å²) < 4.78 is 26.6. The van der Waals surface area contributed by atoms with Crippen LogP contribution in [0, 0.1) is 0 Å². The summed E-state index contributed by atoms with van der Waals surface area (Å²) in [5.41, 5.74) is 5.42. The van der Waals surface area contributed by atoms with Gasteiger partial charge in [-0.3, -0.25) is 14.4 Å². The van der Waals surface area contributed by atoms with Crippen LogP contribution in [-0.2, 0) is 38.1 Å². The molecule has 24 heavy (non-hydrogen) atoms. The molecule has 0 aromatic carbocycles. The van der Waals surface area contributed by atoms with Crippen molar-refractivity contribution in [3.63, 3.8) is 0 Å². The van der Waals surface area contributed by atoms with Crippen molar-refractivity contribution >= 4 is 17.9 Å². The van der Waals surface area contributed by atoms with Crippen molar-refractivity contribution in [2.24, 2.45) is 5.73 Å². The molecule has 1 aliphatic heterocycles. The number of unbranched alkanes of at least 4 members (excludes halogenated alkanes) is 1. The molecule has 2 N–H and O–H groups in total. The van der Waals surface area contributed by atoms with Crippen molar-refractivity contribution in [1.29, 1.82) is 0 Å². The van der Waals surface area contributed by atoms with Crippen molar-refractivity contribution < 1.29 is 38.1 Å². The zero-order valence-corrected chi connectivity index (χ0v) is 14.2. The monoisotopic (exact) mass is 347 g/mol. The van der Waals surface area contributed by atoms with Gasteiger partial charge in [0.25, 0.3) is 0 Å². The predicted molar refractivity (Wildman–Crippen MR) is 80.6 cm³/mol. The van der Waals surface area contributed by atoms with Gasteiger partial charge in [-0.05, 0) is 19.4 Å². The number of hydrogen-bond acceptors (Lipinski definition) is 9. The summed E-state index contributed by atoms with van der Waals surface area (Å²) in [5.74, 6) is -1.76. The molecule has 1 aliphatic rings. The molecular formula is C15H25NO8. The lowest BCUT2D eigenvalue weighted by Crippen LogP contribution is -2.58. The first-order chi connectivity index (χ1) is 11.3. The molecule has 9 heteroatoms. The minimum Gasteiger partial charge on any atom is -0.456 e. The highest BCUT2D eigenvalue weighted by Crippen LogP contribution is 2.25. The highest BCUT2D eigenvalue weighted by atomic mass is 16.7. The van der Waals surface area contributed by atoms with E-state index in [1.54, 1.807) is 0 Å². The molecule has 0 aliphatic carbocycles. The lowest BCUT2D eigenvalue weighted by Gasteiger charge is -2.40. The SMILES string of the molecule is CC(=O)O[C@H]1[C@H](OC(C)=O)COC(OCCCCN)[C@@H]1OC(C)=O. The third-order valence-electron chi connectivity index (χ3n) is 3.19. The number of esters is 3. The fourth-order valence-corrected chi connectivity index (χ4v) is 2.30. The van der Waals surface area contributed by atoms with Crippen molar-refractivity contribution in [3.05, 3.63) is 0 Å². The van der Waals surface area contributed by atoms with Crippen LogP contribution >= 0.6 is 0 Å². The molecule has 0 amide bonds. The molecule has 9 nitrogen and oxygen atoms in total. The average Bonchev–Trinajstić information content (AvgIpc) is 2.47. The van der Waals surface area contributed by atoms with Gasteiger partial charge in [-0.2, -0.15) is 0 Å². The Morgan fingerprint density at radius 2 is 1.54 bits per heavy atom. The number of carbonyl (C=O) groups excluding carboxylic acids is 3. The Balaban J connectivity index is 2.86. The van der Waals surface area contributed by atoms with E-state index in [1.165, 1.54) is 20.8 Å². The number of ether oxygens (including phenoxy) is 5. The summed E-state index contributed by atoms with van der Waals surface area (Å²) in [6.45, 7) is 4.48. The van der Waals surface area contributed by atoms with Gasteiger partial charge in [0, 0.05) is 27.4 Å². The molecule has 1 fully saturated rings. The Morgan fingerprint density at radius 1 is 0.958 bits per heavy atom. The van der Waals surface area contributed by atoms with Gasteiger partial charge in [0.05, 0.1) is 6.61 Å². The highest BCUT2D eigenvalue weighted by Gasteiger charge is 2.47. The van der Waals surface area contributed by atoms with Crippen LogP contribution in [-0.4, -0.2) is 62.3 Å². The average molecular weight is 347 g/mol. The minimum absolute atomic E-state index is 0.0448. The van der Waals surface area contributed by atoms with E-state index in [1.807, 2.05) is 0 Å². The van der Waals surface area contributed by atoms with E-state index < -0.39 is 42.5 Å². The Kier molecular flexibility index (Phi) is 8.66. The molecule has 1 saturated heterocycles. The summed E-state index contributed by atoms with van der Waals surface area (Å²) in [6.07, 6.45) is -2.39. The number of rotatable bonds is 8. The summed E-state index contributed by atoms with van der Waals surface area (Å²) in [5, 5.41) is 0. The Morgan fingerprint density at radius 3 is 2.08 bits per heavy atom. The van der Waals surface area contributed by atoms with Gasteiger partial charge in [-0.15, -0.1) is 0 Å². The van der Waals surface area contributed by atoms with Gasteiger partial charge in [0.1, 0.15) is 0 Å². The second kappa shape index (κ2) is 10.2. The van der Waals surface area contributed by atoms with Crippen molar-refractivity contribution in [2.75, 3.05) is 19.8 Å². The number of hydrogen-bond donors (Lipinski definition) is 1. The first-order valence-corrected chi connectivity index (χ1v) is 7.80. The topological polar surface area (TPSA) is 123 Å². The Bertz CT molecular complexity index is 441. The molecule has 0 aromatic heterocycles. The largest absolute Gasteiger partial charge is 0.456 e. The summed E-state index contributed by atoms with van der Waals surface area (Å²) in [4.78, 5) is 34.0. The van der Waals surface area contributed by atoms with Gasteiger partial charge in [-0.1, -0.05) is 0 Å². The van der Waals surface area contributed by atoms with Crippen molar-refractivity contribution in [1.82, 2.24) is 0 Å². The first kappa shape index (κ1) is 20.3. The third-order valence-corrected chi connectivity index (χ3v) is 3.19. The zero-order chi connectivity index (χ0) is 18.1. The number of carbonyl (C=O) groups is 3. The molecule has 4 atom stereocenters. The fourth-order valence-electron chi connectivity index (χ4n) is 2.30. The highest BCUT2D eigenvalue weighted by molar-refractivity contribution is 5.68. The van der Waals surface area contributed by atoms with Crippen molar-refractivity contribution in [2.45, 2.75) is 58.2 Å². The van der Waals surface area contributed by atoms with E-state index in [-0.39, 0.29) is 6.61 Å². The lowest BCUT2D eigenvalue weighted by atomic mass is 10.0. The maximum Gasteiger partial charge on any atom is 0.303 e. The maximum absolute atomic E-state index is 11.4. The van der Waals surface area contributed by atoms with Gasteiger partial charge in [0.15, 0.2) is 24.6 Å². The summed E-state index contributed by atoms with van der Waals surface area (Å²) >= 11 is 0. The molecule has 138 valence electrons. The molecule has 1 rings (SSSR count). The first-order valence-electron chi connectivity index (χ1n) is 7.80. The van der Waals surface area contributed by atoms with Crippen LogP contribution in [0.4, 0.5) is 0 Å². The molecule has 0 aromatic rings. The normalized spacial score (nSPS) is 26.5. The molecular weight excluding hydrogens is 322 g/mol. The van der Waals surface area contributed by atoms with E-state index in [0.717, 1.165) is 6.42 Å². The van der Waals surface area contributed by atoms with Crippen LogP contribution in [0.5, 0.6) is 0 Å². The van der Waals surface area contributed by atoms with E-state index in [2.05, 4.69) is 0 Å². The van der Waals surface area contributed by atoms with Crippen LogP contribution in [0.1, 0.15) is 33.6 Å². The van der Waals surface area contributed by atoms with Crippen LogP contribution in [0.25, 0.3) is 0 Å². The van der Waals surface area contributed by atoms with Gasteiger partial charge in [0.2, 0.25) is 0 Å². The Hall–Kier alpha value is -1.71. The van der Waals surface area contributed by atoms with Crippen molar-refractivity contribution in [3.8, 4) is 0 Å². The van der Waals surface area contributed by atoms with E-state index in [0.29, 0.717) is 19.6 Å². The second-order valence-corrected chi connectivity index (χ2v) is 5.36. The Labute approximate surface area is 140 Å². The second-order valence-electron chi connectivity index (χ2n) is 5.36. The van der Waals surface area contributed by atoms with Crippen LogP contribution < -0.4 is 5.73 Å². The van der Waals surface area contributed by atoms with Crippen LogP contribution in [0.15, 0.2) is 0 Å². The lowest BCUT2D eigenvalue weighted by molar-refractivity contribution is -0.281. The van der Waals surface area contributed by atoms with E-state index >= 15 is 0 Å². The third kappa shape index (κ3) is 6.81. The fraction of sp³-hybridized carbons (Fsp3) is 0.800. The van der Waals surface area contributed by atoms with Gasteiger partial charge >= 0.3 is 17.9 Å². The van der Waals surface area contributed by atoms with E-state index in [9.17, 15) is 14.4 Å².